The molecule has 1 rings (SSSR count). The molecule has 0 saturated carbocycles. The van der Waals surface area contributed by atoms with Crippen LogP contribution in [0.1, 0.15) is 11.1 Å². The molecule has 0 radical (unpaired) electrons. The first-order valence-electron chi connectivity index (χ1n) is 4.03. The molecule has 0 saturated heterocycles. The van der Waals surface area contributed by atoms with Crippen LogP contribution in [0.15, 0.2) is 30.3 Å². The minimum absolute atomic E-state index is 0.433. The van der Waals surface area contributed by atoms with Crippen LogP contribution in [0.25, 0.3) is 6.08 Å². The van der Waals surface area contributed by atoms with Crippen molar-refractivity contribution in [2.45, 2.75) is 0 Å². The quantitative estimate of drug-likeness (QED) is 0.523. The van der Waals surface area contributed by atoms with Crippen LogP contribution >= 0.6 is 0 Å². The lowest BCUT2D eigenvalue weighted by molar-refractivity contribution is -0.134. The van der Waals surface area contributed by atoms with Gasteiger partial charge in [-0.05, 0) is 17.7 Å². The Labute approximate surface area is 82.2 Å². The van der Waals surface area contributed by atoms with Gasteiger partial charge in [0.05, 0.1) is 18.7 Å². The average molecular weight is 187 g/mol. The molecule has 0 heterocycles. The van der Waals surface area contributed by atoms with Gasteiger partial charge >= 0.3 is 5.97 Å². The van der Waals surface area contributed by atoms with Gasteiger partial charge in [0.1, 0.15) is 0 Å². The van der Waals surface area contributed by atoms with E-state index < -0.39 is 5.97 Å². The van der Waals surface area contributed by atoms with Crippen molar-refractivity contribution in [2.75, 3.05) is 7.11 Å². The Hall–Kier alpha value is -2.08. The molecule has 0 N–H and O–H groups in total. The summed E-state index contributed by atoms with van der Waals surface area (Å²) in [5.41, 5.74) is 1.24. The predicted octanol–water partition coefficient (Wildman–Crippen LogP) is 1.74. The number of rotatable bonds is 2. The summed E-state index contributed by atoms with van der Waals surface area (Å²) in [5.74, 6) is -0.433. The van der Waals surface area contributed by atoms with Crippen LogP contribution in [0.4, 0.5) is 0 Å². The molecule has 0 amide bonds. The predicted molar refractivity (Wildman–Crippen MR) is 52.2 cm³/mol. The van der Waals surface area contributed by atoms with Gasteiger partial charge in [-0.15, -0.1) is 0 Å². The minimum atomic E-state index is -0.433. The highest BCUT2D eigenvalue weighted by Crippen LogP contribution is 2.08. The summed E-state index contributed by atoms with van der Waals surface area (Å²) < 4.78 is 4.44. The van der Waals surface area contributed by atoms with Crippen LogP contribution < -0.4 is 0 Å². The Morgan fingerprint density at radius 2 is 2.21 bits per heavy atom. The molecule has 0 aliphatic heterocycles. The van der Waals surface area contributed by atoms with Crippen LogP contribution in [0, 0.1) is 11.3 Å². The number of nitrogens with zero attached hydrogens (tertiary/aromatic N) is 1. The van der Waals surface area contributed by atoms with Gasteiger partial charge in [-0.2, -0.15) is 5.26 Å². The fraction of sp³-hybridized carbons (Fsp3) is 0.0909. The van der Waals surface area contributed by atoms with Gasteiger partial charge in [-0.3, -0.25) is 0 Å². The van der Waals surface area contributed by atoms with Gasteiger partial charge in [-0.25, -0.2) is 4.79 Å². The Morgan fingerprint density at radius 3 is 2.86 bits per heavy atom. The third-order valence-electron chi connectivity index (χ3n) is 1.68. The largest absolute Gasteiger partial charge is 0.466 e. The second-order valence-corrected chi connectivity index (χ2v) is 2.56. The van der Waals surface area contributed by atoms with Crippen LogP contribution in [-0.4, -0.2) is 13.1 Å². The molecule has 0 bridgehead atoms. The number of methoxy groups -OCH3 is 1. The van der Waals surface area contributed by atoms with Crippen molar-refractivity contribution in [3.05, 3.63) is 41.5 Å². The van der Waals surface area contributed by atoms with Crippen LogP contribution in [0.2, 0.25) is 0 Å². The molecule has 1 aromatic carbocycles. The highest BCUT2D eigenvalue weighted by Gasteiger charge is 1.97. The molecular weight excluding hydrogens is 178 g/mol. The van der Waals surface area contributed by atoms with E-state index in [9.17, 15) is 4.79 Å². The molecule has 0 aromatic heterocycles. The van der Waals surface area contributed by atoms with Crippen molar-refractivity contribution >= 4 is 12.0 Å². The highest BCUT2D eigenvalue weighted by atomic mass is 16.5. The van der Waals surface area contributed by atoms with Crippen LogP contribution in [0.3, 0.4) is 0 Å². The minimum Gasteiger partial charge on any atom is -0.466 e. The maximum Gasteiger partial charge on any atom is 0.330 e. The van der Waals surface area contributed by atoms with E-state index in [1.807, 2.05) is 6.07 Å². The molecule has 0 aliphatic rings. The van der Waals surface area contributed by atoms with E-state index in [4.69, 9.17) is 5.26 Å². The van der Waals surface area contributed by atoms with Crippen molar-refractivity contribution in [1.82, 2.24) is 0 Å². The van der Waals surface area contributed by atoms with Gasteiger partial charge in [0, 0.05) is 6.08 Å². The summed E-state index contributed by atoms with van der Waals surface area (Å²) in [4.78, 5) is 10.8. The van der Waals surface area contributed by atoms with Crippen molar-refractivity contribution in [3.63, 3.8) is 0 Å². The van der Waals surface area contributed by atoms with E-state index >= 15 is 0 Å². The number of carbonyl (C=O) groups is 1. The summed E-state index contributed by atoms with van der Waals surface area (Å²) in [6, 6.07) is 9.06. The topological polar surface area (TPSA) is 50.1 Å². The first-order chi connectivity index (χ1) is 6.77. The molecule has 3 nitrogen and oxygen atoms in total. The average Bonchev–Trinajstić information content (AvgIpc) is 2.26. The second kappa shape index (κ2) is 4.83. The lowest BCUT2D eigenvalue weighted by Crippen LogP contribution is -1.93. The normalized spacial score (nSPS) is 9.71. The Bertz CT molecular complexity index is 402. The molecule has 0 aliphatic carbocycles. The second-order valence-electron chi connectivity index (χ2n) is 2.56. The molecule has 0 fully saturated rings. The standard InChI is InChI=1S/C11H9NO2/c1-14-11(13)7-6-9-4-2-3-5-10(9)8-12/h2-7H,1H3/b7-6-. The fourth-order valence-electron chi connectivity index (χ4n) is 0.970. The van der Waals surface area contributed by atoms with Crippen molar-refractivity contribution in [1.29, 1.82) is 5.26 Å². The molecule has 0 unspecified atom stereocenters. The summed E-state index contributed by atoms with van der Waals surface area (Å²) >= 11 is 0. The number of carbonyl (C=O) groups excluding carboxylic acids is 1. The van der Waals surface area contributed by atoms with Crippen molar-refractivity contribution in [3.8, 4) is 6.07 Å². The zero-order valence-electron chi connectivity index (χ0n) is 7.73. The van der Waals surface area contributed by atoms with Gasteiger partial charge in [0.25, 0.3) is 0 Å². The fourth-order valence-corrected chi connectivity index (χ4v) is 0.970. The Kier molecular flexibility index (Phi) is 3.45. The SMILES string of the molecule is COC(=O)/C=C\c1ccccc1C#N. The number of hydrogen-bond acceptors (Lipinski definition) is 3. The van der Waals surface area contributed by atoms with E-state index in [0.29, 0.717) is 11.1 Å². The first kappa shape index (κ1) is 10.0. The van der Waals surface area contributed by atoms with Crippen LogP contribution in [0.5, 0.6) is 0 Å². The van der Waals surface area contributed by atoms with E-state index in [1.54, 1.807) is 30.3 Å². The number of nitriles is 1. The van der Waals surface area contributed by atoms with E-state index in [2.05, 4.69) is 4.74 Å². The molecular formula is C11H9NO2. The highest BCUT2D eigenvalue weighted by molar-refractivity contribution is 5.87. The molecule has 70 valence electrons. The van der Waals surface area contributed by atoms with E-state index in [-0.39, 0.29) is 0 Å². The van der Waals surface area contributed by atoms with E-state index in [1.165, 1.54) is 13.2 Å². The number of esters is 1. The smallest absolute Gasteiger partial charge is 0.330 e. The molecule has 3 heteroatoms. The zero-order chi connectivity index (χ0) is 10.4. The summed E-state index contributed by atoms with van der Waals surface area (Å²) in [6.07, 6.45) is 2.85. The molecule has 0 atom stereocenters. The van der Waals surface area contributed by atoms with Crippen molar-refractivity contribution in [2.24, 2.45) is 0 Å². The summed E-state index contributed by atoms with van der Waals surface area (Å²) in [5, 5.41) is 8.74. The molecule has 14 heavy (non-hydrogen) atoms. The number of ether oxygens (including phenoxy) is 1. The summed E-state index contributed by atoms with van der Waals surface area (Å²) in [6.45, 7) is 0. The Morgan fingerprint density at radius 1 is 1.50 bits per heavy atom. The first-order valence-corrected chi connectivity index (χ1v) is 4.03. The van der Waals surface area contributed by atoms with Crippen molar-refractivity contribution < 1.29 is 9.53 Å². The third-order valence-corrected chi connectivity index (χ3v) is 1.68. The van der Waals surface area contributed by atoms with Gasteiger partial charge in [-0.1, -0.05) is 18.2 Å². The monoisotopic (exact) mass is 187 g/mol. The Balaban J connectivity index is 2.92. The van der Waals surface area contributed by atoms with Gasteiger partial charge in [0.15, 0.2) is 0 Å². The maximum atomic E-state index is 10.8. The van der Waals surface area contributed by atoms with Crippen LogP contribution in [-0.2, 0) is 9.53 Å². The number of hydrogen-bond donors (Lipinski definition) is 0. The zero-order valence-corrected chi connectivity index (χ0v) is 7.73. The maximum absolute atomic E-state index is 10.8. The summed E-state index contributed by atoms with van der Waals surface area (Å²) in [7, 11) is 1.31. The molecule has 1 aromatic rings. The molecule has 0 spiro atoms. The number of benzene rings is 1. The van der Waals surface area contributed by atoms with Gasteiger partial charge < -0.3 is 4.74 Å². The lowest BCUT2D eigenvalue weighted by atomic mass is 10.1. The lowest BCUT2D eigenvalue weighted by Gasteiger charge is -1.95. The third kappa shape index (κ3) is 2.46. The van der Waals surface area contributed by atoms with E-state index in [0.717, 1.165) is 0 Å². The van der Waals surface area contributed by atoms with Gasteiger partial charge in [0.2, 0.25) is 0 Å².